The minimum absolute atomic E-state index is 0.138. The monoisotopic (exact) mass is 344 g/mol. The number of carbonyl (C=O) groups excluding carboxylic acids is 1. The molecular weight excluding hydrogens is 323 g/mol. The summed E-state index contributed by atoms with van der Waals surface area (Å²) in [5.74, 6) is 1.54. The number of hydrogen-bond acceptors (Lipinski definition) is 5. The van der Waals surface area contributed by atoms with Gasteiger partial charge in [-0.25, -0.2) is 4.39 Å². The van der Waals surface area contributed by atoms with Crippen molar-refractivity contribution < 1.29 is 13.7 Å². The molecule has 1 saturated heterocycles. The van der Waals surface area contributed by atoms with Gasteiger partial charge in [-0.2, -0.15) is 4.98 Å². The van der Waals surface area contributed by atoms with Gasteiger partial charge >= 0.3 is 0 Å². The van der Waals surface area contributed by atoms with Crippen LogP contribution in [0.25, 0.3) is 0 Å². The Kier molecular flexibility index (Phi) is 4.48. The van der Waals surface area contributed by atoms with Gasteiger partial charge in [0.15, 0.2) is 5.82 Å². The molecule has 6 nitrogen and oxygen atoms in total. The summed E-state index contributed by atoms with van der Waals surface area (Å²) in [5, 5.41) is 7.07. The van der Waals surface area contributed by atoms with Crippen molar-refractivity contribution in [3.05, 3.63) is 47.4 Å². The lowest BCUT2D eigenvalue weighted by molar-refractivity contribution is 0.0904. The Morgan fingerprint density at radius 3 is 2.60 bits per heavy atom. The van der Waals surface area contributed by atoms with Crippen molar-refractivity contribution in [2.75, 3.05) is 13.1 Å². The third kappa shape index (κ3) is 4.04. The molecule has 0 radical (unpaired) electrons. The van der Waals surface area contributed by atoms with Crippen LogP contribution >= 0.6 is 0 Å². The van der Waals surface area contributed by atoms with Crippen molar-refractivity contribution in [2.45, 2.75) is 44.2 Å². The highest BCUT2D eigenvalue weighted by Crippen LogP contribution is 2.38. The summed E-state index contributed by atoms with van der Waals surface area (Å²) in [6.45, 7) is 2.41. The third-order valence-electron chi connectivity index (χ3n) is 4.81. The first kappa shape index (κ1) is 16.2. The third-order valence-corrected chi connectivity index (χ3v) is 4.81. The van der Waals surface area contributed by atoms with Gasteiger partial charge < -0.3 is 9.84 Å². The molecule has 25 heavy (non-hydrogen) atoms. The number of likely N-dealkylation sites (tertiary alicyclic amines) is 1. The van der Waals surface area contributed by atoms with E-state index < -0.39 is 0 Å². The molecule has 1 saturated carbocycles. The van der Waals surface area contributed by atoms with E-state index in [1.807, 2.05) is 0 Å². The molecule has 2 aromatic rings. The van der Waals surface area contributed by atoms with Crippen LogP contribution in [0, 0.1) is 5.82 Å². The maximum absolute atomic E-state index is 12.9. The molecule has 0 spiro atoms. The summed E-state index contributed by atoms with van der Waals surface area (Å²) in [5.41, 5.74) is 0.488. The fourth-order valence-electron chi connectivity index (χ4n) is 3.14. The van der Waals surface area contributed by atoms with Crippen molar-refractivity contribution in [3.63, 3.8) is 0 Å². The van der Waals surface area contributed by atoms with E-state index in [2.05, 4.69) is 20.4 Å². The molecule has 4 rings (SSSR count). The van der Waals surface area contributed by atoms with Gasteiger partial charge in [-0.3, -0.25) is 9.69 Å². The van der Waals surface area contributed by atoms with Gasteiger partial charge in [0.1, 0.15) is 5.82 Å². The molecular formula is C18H21FN4O2. The van der Waals surface area contributed by atoms with Gasteiger partial charge in [0.25, 0.3) is 5.91 Å². The summed E-state index contributed by atoms with van der Waals surface area (Å²) in [7, 11) is 0. The maximum atomic E-state index is 12.9. The lowest BCUT2D eigenvalue weighted by Crippen LogP contribution is -2.44. The van der Waals surface area contributed by atoms with E-state index in [1.165, 1.54) is 24.3 Å². The highest BCUT2D eigenvalue weighted by atomic mass is 19.1. The molecule has 132 valence electrons. The number of rotatable bonds is 5. The normalized spacial score (nSPS) is 19.1. The lowest BCUT2D eigenvalue weighted by Gasteiger charge is -2.31. The highest BCUT2D eigenvalue weighted by Gasteiger charge is 2.29. The van der Waals surface area contributed by atoms with Gasteiger partial charge in [0.2, 0.25) is 5.89 Å². The SMILES string of the molecule is O=C(NC1CCN(Cc2nc(C3CC3)no2)CC1)c1ccc(F)cc1. The Morgan fingerprint density at radius 1 is 1.20 bits per heavy atom. The summed E-state index contributed by atoms with van der Waals surface area (Å²) >= 11 is 0. The number of aromatic nitrogens is 2. The van der Waals surface area contributed by atoms with E-state index in [0.717, 1.165) is 44.6 Å². The fraction of sp³-hybridized carbons (Fsp3) is 0.500. The molecule has 0 atom stereocenters. The maximum Gasteiger partial charge on any atom is 0.251 e. The van der Waals surface area contributed by atoms with Crippen LogP contribution in [-0.4, -0.2) is 40.1 Å². The molecule has 1 amide bonds. The molecule has 1 aromatic heterocycles. The first-order valence-corrected chi connectivity index (χ1v) is 8.78. The van der Waals surface area contributed by atoms with E-state index in [-0.39, 0.29) is 17.8 Å². The number of nitrogens with zero attached hydrogens (tertiary/aromatic N) is 3. The van der Waals surface area contributed by atoms with E-state index in [0.29, 0.717) is 23.9 Å². The number of halogens is 1. The molecule has 1 aromatic carbocycles. The molecule has 0 unspecified atom stereocenters. The van der Waals surface area contributed by atoms with Crippen molar-refractivity contribution in [1.82, 2.24) is 20.4 Å². The molecule has 0 bridgehead atoms. The average molecular weight is 344 g/mol. The van der Waals surface area contributed by atoms with E-state index in [1.54, 1.807) is 0 Å². The van der Waals surface area contributed by atoms with Crippen LogP contribution in [0.1, 0.15) is 53.7 Å². The molecule has 2 heterocycles. The number of amides is 1. The lowest BCUT2D eigenvalue weighted by atomic mass is 10.0. The van der Waals surface area contributed by atoms with Gasteiger partial charge in [-0.1, -0.05) is 5.16 Å². The van der Waals surface area contributed by atoms with Crippen molar-refractivity contribution in [2.24, 2.45) is 0 Å². The van der Waals surface area contributed by atoms with Crippen LogP contribution in [0.15, 0.2) is 28.8 Å². The Bertz CT molecular complexity index is 734. The largest absolute Gasteiger partial charge is 0.349 e. The smallest absolute Gasteiger partial charge is 0.251 e. The van der Waals surface area contributed by atoms with Crippen LogP contribution < -0.4 is 5.32 Å². The van der Waals surface area contributed by atoms with E-state index in [9.17, 15) is 9.18 Å². The standard InChI is InChI=1S/C18H21FN4O2/c19-14-5-3-13(4-6-14)18(24)20-15-7-9-23(10-8-15)11-16-21-17(22-25-16)12-1-2-12/h3-6,12,15H,1-2,7-11H2,(H,20,24). The molecule has 1 aliphatic heterocycles. The van der Waals surface area contributed by atoms with Crippen molar-refractivity contribution in [1.29, 1.82) is 0 Å². The van der Waals surface area contributed by atoms with Crippen molar-refractivity contribution in [3.8, 4) is 0 Å². The zero-order valence-electron chi connectivity index (χ0n) is 13.9. The highest BCUT2D eigenvalue weighted by molar-refractivity contribution is 5.94. The first-order valence-electron chi connectivity index (χ1n) is 8.78. The fourth-order valence-corrected chi connectivity index (χ4v) is 3.14. The topological polar surface area (TPSA) is 71.3 Å². The summed E-state index contributed by atoms with van der Waals surface area (Å²) in [4.78, 5) is 18.9. The van der Waals surface area contributed by atoms with Crippen LogP contribution in [-0.2, 0) is 6.54 Å². The van der Waals surface area contributed by atoms with E-state index in [4.69, 9.17) is 4.52 Å². The Labute approximate surface area is 145 Å². The Morgan fingerprint density at radius 2 is 1.92 bits per heavy atom. The molecule has 1 aliphatic carbocycles. The van der Waals surface area contributed by atoms with Gasteiger partial charge in [0.05, 0.1) is 6.54 Å². The number of hydrogen-bond donors (Lipinski definition) is 1. The second-order valence-electron chi connectivity index (χ2n) is 6.85. The van der Waals surface area contributed by atoms with Gasteiger partial charge in [-0.05, 0) is 49.9 Å². The Balaban J connectivity index is 1.24. The van der Waals surface area contributed by atoms with Crippen molar-refractivity contribution >= 4 is 5.91 Å². The molecule has 1 N–H and O–H groups in total. The number of benzene rings is 1. The zero-order chi connectivity index (χ0) is 17.2. The van der Waals surface area contributed by atoms with E-state index >= 15 is 0 Å². The minimum atomic E-state index is -0.337. The predicted molar refractivity (Wildman–Crippen MR) is 88.4 cm³/mol. The Hall–Kier alpha value is -2.28. The number of carbonyl (C=O) groups is 1. The second-order valence-corrected chi connectivity index (χ2v) is 6.85. The van der Waals surface area contributed by atoms with Crippen LogP contribution in [0.4, 0.5) is 4.39 Å². The minimum Gasteiger partial charge on any atom is -0.349 e. The summed E-state index contributed by atoms with van der Waals surface area (Å²) in [6, 6.07) is 5.76. The van der Waals surface area contributed by atoms with Crippen LogP contribution in [0.2, 0.25) is 0 Å². The van der Waals surface area contributed by atoms with Crippen LogP contribution in [0.3, 0.4) is 0 Å². The summed E-state index contributed by atoms with van der Waals surface area (Å²) < 4.78 is 18.2. The predicted octanol–water partition coefficient (Wildman–Crippen LogP) is 2.48. The summed E-state index contributed by atoms with van der Waals surface area (Å²) in [6.07, 6.45) is 4.07. The van der Waals surface area contributed by atoms with Crippen LogP contribution in [0.5, 0.6) is 0 Å². The van der Waals surface area contributed by atoms with Gasteiger partial charge in [0, 0.05) is 30.6 Å². The number of piperidine rings is 1. The quantitative estimate of drug-likeness (QED) is 0.902. The number of nitrogens with one attached hydrogen (secondary N) is 1. The zero-order valence-corrected chi connectivity index (χ0v) is 13.9. The molecule has 2 aliphatic rings. The second kappa shape index (κ2) is 6.92. The molecule has 7 heteroatoms. The average Bonchev–Trinajstić information content (AvgIpc) is 3.37. The molecule has 2 fully saturated rings. The van der Waals surface area contributed by atoms with Gasteiger partial charge in [-0.15, -0.1) is 0 Å². The first-order chi connectivity index (χ1) is 12.2.